The number of carbonyl (C=O) groups is 5. The van der Waals surface area contributed by atoms with Crippen LogP contribution in [-0.2, 0) is 33.3 Å². The zero-order valence-corrected chi connectivity index (χ0v) is 34.3. The average Bonchev–Trinajstić information content (AvgIpc) is 3.95. The minimum atomic E-state index is -1.64. The molecule has 0 spiro atoms. The quantitative estimate of drug-likeness (QED) is 0.312. The molecule has 7 aliphatic rings. The number of allylic oxidation sites excluding steroid dienone is 3. The van der Waals surface area contributed by atoms with Gasteiger partial charge in [0.05, 0.1) is 53.2 Å². The Morgan fingerprint density at radius 2 is 1.61 bits per heavy atom. The lowest BCUT2D eigenvalue weighted by Gasteiger charge is -2.42. The van der Waals surface area contributed by atoms with Crippen LogP contribution in [0.5, 0.6) is 11.5 Å². The molecule has 1 aromatic carbocycles. The number of hydrogen-bond donors (Lipinski definition) is 4. The molecule has 13 atom stereocenters. The SMILES string of the molecule is COC1/C=C/OCC2(C)Oc3c(C)c(O)c4c(c3C2=O)C(=NC2CCC(O)OC2C)C=C(NC(=O)/C(C)=C\C(=O)C2CC2C(O)C(C)C2OC(=O)OC(C1C)C2C)C4=O. The van der Waals surface area contributed by atoms with Gasteiger partial charge in [-0.15, -0.1) is 0 Å². The number of phenolic OH excluding ortho intramolecular Hbond substituents is 1. The zero-order chi connectivity index (χ0) is 42.8. The van der Waals surface area contributed by atoms with Gasteiger partial charge < -0.3 is 49.1 Å². The second-order valence-corrected chi connectivity index (χ2v) is 16.9. The van der Waals surface area contributed by atoms with E-state index in [-0.39, 0.29) is 58.0 Å². The number of aliphatic hydroxyl groups is 2. The van der Waals surface area contributed by atoms with E-state index in [1.54, 1.807) is 19.9 Å². The topological polar surface area (TPSA) is 226 Å². The van der Waals surface area contributed by atoms with Crippen molar-refractivity contribution in [3.8, 4) is 11.5 Å². The summed E-state index contributed by atoms with van der Waals surface area (Å²) >= 11 is 0. The van der Waals surface area contributed by atoms with Crippen molar-refractivity contribution >= 4 is 35.1 Å². The lowest BCUT2D eigenvalue weighted by molar-refractivity contribution is -0.162. The fraction of sp³-hybridized carbons (Fsp3) is 0.581. The number of amides is 1. The maximum atomic E-state index is 14.5. The average molecular weight is 821 g/mol. The summed E-state index contributed by atoms with van der Waals surface area (Å²) < 4.78 is 34.9. The molecule has 1 amide bonds. The van der Waals surface area contributed by atoms with Crippen LogP contribution < -0.4 is 10.1 Å². The Hall–Kier alpha value is -4.90. The number of aliphatic hydroxyl groups excluding tert-OH is 2. The van der Waals surface area contributed by atoms with Gasteiger partial charge >= 0.3 is 6.16 Å². The highest BCUT2D eigenvalue weighted by Gasteiger charge is 2.53. The van der Waals surface area contributed by atoms with Crippen LogP contribution in [0.2, 0.25) is 0 Å². The number of ketones is 3. The fourth-order valence-corrected chi connectivity index (χ4v) is 9.13. The molecule has 1 saturated carbocycles. The minimum Gasteiger partial charge on any atom is -0.507 e. The molecule has 13 unspecified atom stereocenters. The number of ether oxygens (including phenoxy) is 6. The molecule has 59 heavy (non-hydrogen) atoms. The number of hydrogen-bond acceptors (Lipinski definition) is 15. The van der Waals surface area contributed by atoms with Gasteiger partial charge in [0.25, 0.3) is 5.91 Å². The fourth-order valence-electron chi connectivity index (χ4n) is 9.13. The maximum Gasteiger partial charge on any atom is 0.508 e. The molecule has 0 aromatic heterocycles. The van der Waals surface area contributed by atoms with E-state index in [4.69, 9.17) is 33.4 Å². The molecule has 2 aliphatic carbocycles. The van der Waals surface area contributed by atoms with Crippen molar-refractivity contribution in [2.24, 2.45) is 34.6 Å². The molecule has 7 bridgehead atoms. The maximum absolute atomic E-state index is 14.5. The standard InChI is InChI=1S/C43H52N2O14/c1-17-13-28(46)23-14-24(23)34(48)19(3)38-21(5)37(57-42(53)58-38)18(2)29(54-8)11-12-55-16-43(7)40(51)33-31-26(44-25-9-10-30(47)56-22(25)6)15-27(45-41(17)52)36(50)32(31)35(49)20(4)39(33)59-43/h11-13,15,18-19,21-25,29-30,34,37-38,47-49H,9-10,14,16H2,1-8H3,(H,45,52)/b12-11+,17-13-,44-26?. The molecule has 2 saturated heterocycles. The number of nitrogens with one attached hydrogen (secondary N) is 1. The number of nitrogens with zero attached hydrogens (tertiary/aromatic N) is 1. The second kappa shape index (κ2) is 15.9. The summed E-state index contributed by atoms with van der Waals surface area (Å²) in [4.78, 5) is 73.6. The molecule has 16 heteroatoms. The third-order valence-electron chi connectivity index (χ3n) is 12.8. The molecule has 1 aromatic rings. The number of benzene rings is 1. The largest absolute Gasteiger partial charge is 0.508 e. The Balaban J connectivity index is 1.31. The zero-order valence-electron chi connectivity index (χ0n) is 34.3. The predicted octanol–water partition coefficient (Wildman–Crippen LogP) is 3.79. The van der Waals surface area contributed by atoms with Crippen LogP contribution in [0.15, 0.2) is 40.8 Å². The van der Waals surface area contributed by atoms with Gasteiger partial charge in [-0.25, -0.2) is 4.79 Å². The lowest BCUT2D eigenvalue weighted by Crippen LogP contribution is -2.52. The first-order chi connectivity index (χ1) is 27.9. The smallest absolute Gasteiger partial charge is 0.507 e. The van der Waals surface area contributed by atoms with Crippen molar-refractivity contribution in [2.75, 3.05) is 13.7 Å². The van der Waals surface area contributed by atoms with Gasteiger partial charge in [-0.1, -0.05) is 20.8 Å². The second-order valence-electron chi connectivity index (χ2n) is 16.9. The van der Waals surface area contributed by atoms with Gasteiger partial charge in [-0.05, 0) is 64.7 Å². The Morgan fingerprint density at radius 1 is 0.915 bits per heavy atom. The van der Waals surface area contributed by atoms with Gasteiger partial charge in [0.15, 0.2) is 12.1 Å². The highest BCUT2D eigenvalue weighted by molar-refractivity contribution is 6.32. The van der Waals surface area contributed by atoms with Crippen molar-refractivity contribution in [1.29, 1.82) is 0 Å². The van der Waals surface area contributed by atoms with Gasteiger partial charge in [0, 0.05) is 53.9 Å². The predicted molar refractivity (Wildman–Crippen MR) is 208 cm³/mol. The highest BCUT2D eigenvalue weighted by atomic mass is 16.7. The summed E-state index contributed by atoms with van der Waals surface area (Å²) in [5.41, 5.74) is -1.97. The minimum absolute atomic E-state index is 0.000569. The molecule has 8 rings (SSSR count). The van der Waals surface area contributed by atoms with Gasteiger partial charge in [-0.3, -0.25) is 24.2 Å². The Bertz CT molecular complexity index is 2090. The number of fused-ring (bicyclic) bond motifs is 9. The molecule has 16 nitrogen and oxygen atoms in total. The van der Waals surface area contributed by atoms with Crippen LogP contribution in [0.3, 0.4) is 0 Å². The van der Waals surface area contributed by atoms with Crippen molar-refractivity contribution in [3.05, 3.63) is 58.0 Å². The molecule has 5 heterocycles. The van der Waals surface area contributed by atoms with Gasteiger partial charge in [-0.2, -0.15) is 0 Å². The Morgan fingerprint density at radius 3 is 2.29 bits per heavy atom. The number of aliphatic imine (C=N–C) groups is 1. The first kappa shape index (κ1) is 42.2. The summed E-state index contributed by atoms with van der Waals surface area (Å²) in [5.74, 6) is -5.43. The third-order valence-corrected chi connectivity index (χ3v) is 12.8. The van der Waals surface area contributed by atoms with Crippen LogP contribution in [-0.4, -0.2) is 113 Å². The van der Waals surface area contributed by atoms with Crippen molar-refractivity contribution in [1.82, 2.24) is 5.32 Å². The van der Waals surface area contributed by atoms with E-state index < -0.39 is 113 Å². The molecular weight excluding hydrogens is 768 g/mol. The molecular formula is C43H52N2O14. The number of carbonyl (C=O) groups excluding carboxylic acids is 5. The van der Waals surface area contributed by atoms with Crippen LogP contribution in [0.1, 0.15) is 92.6 Å². The van der Waals surface area contributed by atoms with Crippen LogP contribution >= 0.6 is 0 Å². The lowest BCUT2D eigenvalue weighted by atomic mass is 9.79. The van der Waals surface area contributed by atoms with E-state index >= 15 is 0 Å². The third kappa shape index (κ3) is 7.60. The summed E-state index contributed by atoms with van der Waals surface area (Å²) in [5, 5.41) is 35.8. The number of aromatic hydroxyl groups is 1. The van der Waals surface area contributed by atoms with E-state index in [2.05, 4.69) is 5.32 Å². The van der Waals surface area contributed by atoms with E-state index in [9.17, 15) is 39.3 Å². The van der Waals surface area contributed by atoms with Crippen LogP contribution in [0, 0.1) is 36.5 Å². The summed E-state index contributed by atoms with van der Waals surface area (Å²) in [7, 11) is 1.49. The molecule has 318 valence electrons. The molecule has 0 radical (unpaired) electrons. The van der Waals surface area contributed by atoms with Crippen molar-refractivity contribution in [3.63, 3.8) is 0 Å². The van der Waals surface area contributed by atoms with Gasteiger partial charge in [0.2, 0.25) is 17.2 Å². The number of rotatable bonds is 2. The van der Waals surface area contributed by atoms with E-state index in [0.29, 0.717) is 12.8 Å². The highest BCUT2D eigenvalue weighted by Crippen LogP contribution is 2.49. The summed E-state index contributed by atoms with van der Waals surface area (Å²) in [6.07, 6.45) is 0.906. The van der Waals surface area contributed by atoms with E-state index in [0.717, 1.165) is 0 Å². The van der Waals surface area contributed by atoms with Crippen LogP contribution in [0.25, 0.3) is 0 Å². The van der Waals surface area contributed by atoms with E-state index in [1.807, 2.05) is 13.8 Å². The first-order valence-electron chi connectivity index (χ1n) is 20.1. The molecule has 5 aliphatic heterocycles. The van der Waals surface area contributed by atoms with Crippen LogP contribution in [0.4, 0.5) is 4.79 Å². The Kier molecular flexibility index (Phi) is 11.4. The molecule has 4 N–H and O–H groups in total. The number of Topliss-reactive ketones (excluding diaryl/α,β-unsaturated/α-hetero) is 2. The van der Waals surface area contributed by atoms with Gasteiger partial charge in [0.1, 0.15) is 30.3 Å². The van der Waals surface area contributed by atoms with Crippen molar-refractivity contribution < 1.29 is 67.7 Å². The summed E-state index contributed by atoms with van der Waals surface area (Å²) in [6.45, 7) is 11.3. The number of methoxy groups -OCH3 is 1. The van der Waals surface area contributed by atoms with Crippen molar-refractivity contribution in [2.45, 2.75) is 116 Å². The van der Waals surface area contributed by atoms with E-state index in [1.165, 1.54) is 46.3 Å². The Labute approximate surface area is 341 Å². The monoisotopic (exact) mass is 820 g/mol. The normalized spacial score (nSPS) is 39.6. The first-order valence-corrected chi connectivity index (χ1v) is 20.1. The summed E-state index contributed by atoms with van der Waals surface area (Å²) in [6, 6.07) is -0.549. The number of phenols is 1. The molecule has 3 fully saturated rings.